The van der Waals surface area contributed by atoms with Gasteiger partial charge < -0.3 is 14.4 Å². The predicted octanol–water partition coefficient (Wildman–Crippen LogP) is 8.99. The molecule has 5 heterocycles. The fourth-order valence-corrected chi connectivity index (χ4v) is 12.2. The Balaban J connectivity index is 1.06. The first-order valence-electron chi connectivity index (χ1n) is 19.4. The molecule has 8 aromatic rings. The topological polar surface area (TPSA) is 37.4 Å². The number of hydrogen-bond donors (Lipinski definition) is 0. The Hall–Kier alpha value is -6.38. The van der Waals surface area contributed by atoms with Gasteiger partial charge in [-0.2, -0.15) is 0 Å². The van der Waals surface area contributed by atoms with E-state index in [1.807, 2.05) is 12.3 Å². The van der Waals surface area contributed by atoms with Crippen LogP contribution in [0.15, 0.2) is 152 Å². The molecule has 56 heavy (non-hydrogen) atoms. The van der Waals surface area contributed by atoms with Gasteiger partial charge in [-0.25, -0.2) is 4.98 Å². The quantitative estimate of drug-likeness (QED) is 0.103. The maximum absolute atomic E-state index is 6.99. The molecular formula is C48H40BN5OSi. The van der Waals surface area contributed by atoms with Gasteiger partial charge in [-0.3, -0.25) is 9.13 Å². The Bertz CT molecular complexity index is 2900. The summed E-state index contributed by atoms with van der Waals surface area (Å²) in [6.07, 6.45) is 5.64. The van der Waals surface area contributed by atoms with Crippen LogP contribution in [0.25, 0.3) is 33.5 Å². The van der Waals surface area contributed by atoms with Gasteiger partial charge in [-0.05, 0) is 87.0 Å². The molecule has 0 unspecified atom stereocenters. The van der Waals surface area contributed by atoms with Gasteiger partial charge in [-0.1, -0.05) is 119 Å². The van der Waals surface area contributed by atoms with Gasteiger partial charge in [0.25, 0.3) is 6.33 Å². The third-order valence-electron chi connectivity index (χ3n) is 12.0. The molecule has 11 rings (SSSR count). The Morgan fingerprint density at radius 3 is 2.27 bits per heavy atom. The highest BCUT2D eigenvalue weighted by atomic mass is 28.3. The summed E-state index contributed by atoms with van der Waals surface area (Å²) >= 11 is 0. The zero-order valence-corrected chi connectivity index (χ0v) is 33.2. The first kappa shape index (κ1) is 33.0. The molecule has 6 aromatic carbocycles. The largest absolute Gasteiger partial charge is 0.458 e. The minimum atomic E-state index is -2.06. The third-order valence-corrected chi connectivity index (χ3v) is 15.5. The Morgan fingerprint density at radius 2 is 1.43 bits per heavy atom. The summed E-state index contributed by atoms with van der Waals surface area (Å²) in [6.45, 7) is 11.6. The molecule has 270 valence electrons. The number of fused-ring (bicyclic) bond motifs is 10. The van der Waals surface area contributed by atoms with E-state index in [-0.39, 0.29) is 12.4 Å². The molecule has 3 aliphatic heterocycles. The van der Waals surface area contributed by atoms with E-state index in [4.69, 9.17) is 9.72 Å². The summed E-state index contributed by atoms with van der Waals surface area (Å²) in [5.74, 6) is 2.52. The van der Waals surface area contributed by atoms with Gasteiger partial charge >= 0.3 is 6.98 Å². The molecule has 0 atom stereocenters. The molecule has 0 amide bonds. The SMILES string of the molecule is CC(C)(C)c1cc(Oc2ccc3c(c2)-n2[c-][n+](-c4ccccc4)c4cccc(c42)[Si]3(C)C)cc(N2B3c4ccccc4-c4ccccc4N3c3cccnc32)c1. The molecule has 0 bridgehead atoms. The first-order valence-corrected chi connectivity index (χ1v) is 22.4. The van der Waals surface area contributed by atoms with Gasteiger partial charge in [-0.15, -0.1) is 0 Å². The molecule has 8 heteroatoms. The van der Waals surface area contributed by atoms with Crippen molar-refractivity contribution in [3.63, 3.8) is 0 Å². The van der Waals surface area contributed by atoms with E-state index in [9.17, 15) is 0 Å². The van der Waals surface area contributed by atoms with Crippen molar-refractivity contribution in [1.82, 2.24) is 9.55 Å². The van der Waals surface area contributed by atoms with Crippen molar-refractivity contribution in [1.29, 1.82) is 0 Å². The second-order valence-corrected chi connectivity index (χ2v) is 21.0. The standard InChI is InChI=1S/C48H40BN5OSi/c1-48(2,3)32-27-34(53-47-42(22-14-26-50-47)54-40-20-12-10-18-38(40)37-17-9-11-19-39(37)49(53)54)29-36(28-32)55-35-24-25-44-43(30-35)52-31-51(33-15-7-6-8-16-33)41-21-13-23-45(46(41)52)56(44,4)5/h6-30H,1-5H3. The first-order chi connectivity index (χ1) is 27.2. The molecule has 0 saturated carbocycles. The van der Waals surface area contributed by atoms with E-state index in [2.05, 4.69) is 198 Å². The van der Waals surface area contributed by atoms with E-state index in [0.717, 1.165) is 45.6 Å². The average Bonchev–Trinajstić information content (AvgIpc) is 3.78. The van der Waals surface area contributed by atoms with E-state index in [1.54, 1.807) is 0 Å². The van der Waals surface area contributed by atoms with Crippen molar-refractivity contribution in [2.45, 2.75) is 39.3 Å². The summed E-state index contributed by atoms with van der Waals surface area (Å²) in [7, 11) is -2.06. The number of aromatic nitrogens is 3. The lowest BCUT2D eigenvalue weighted by molar-refractivity contribution is -0.572. The van der Waals surface area contributed by atoms with Crippen LogP contribution in [0.1, 0.15) is 26.3 Å². The Kier molecular flexibility index (Phi) is 6.96. The lowest BCUT2D eigenvalue weighted by atomic mass is 9.59. The number of imidazole rings is 1. The normalized spacial score (nSPS) is 14.6. The Labute approximate surface area is 329 Å². The highest BCUT2D eigenvalue weighted by Crippen LogP contribution is 2.50. The lowest BCUT2D eigenvalue weighted by Gasteiger charge is -2.36. The van der Waals surface area contributed by atoms with Gasteiger partial charge in [0.05, 0.1) is 28.1 Å². The third kappa shape index (κ3) is 4.75. The minimum absolute atomic E-state index is 0.118. The highest BCUT2D eigenvalue weighted by molar-refractivity contribution is 7.02. The second-order valence-electron chi connectivity index (χ2n) is 16.7. The monoisotopic (exact) mass is 741 g/mol. The smallest absolute Gasteiger partial charge is 0.422 e. The van der Waals surface area contributed by atoms with Crippen LogP contribution in [-0.2, 0) is 5.41 Å². The van der Waals surface area contributed by atoms with Gasteiger partial charge in [0, 0.05) is 29.2 Å². The van der Waals surface area contributed by atoms with Crippen molar-refractivity contribution in [2.24, 2.45) is 0 Å². The number of hydrogen-bond acceptors (Lipinski definition) is 4. The molecule has 2 aromatic heterocycles. The number of pyridine rings is 1. The van der Waals surface area contributed by atoms with E-state index in [0.29, 0.717) is 0 Å². The molecule has 0 saturated heterocycles. The van der Waals surface area contributed by atoms with Crippen molar-refractivity contribution >= 4 is 64.8 Å². The summed E-state index contributed by atoms with van der Waals surface area (Å²) in [6, 6.07) is 52.4. The number of ether oxygens (including phenoxy) is 1. The van der Waals surface area contributed by atoms with Gasteiger partial charge in [0.15, 0.2) is 0 Å². The highest BCUT2D eigenvalue weighted by Gasteiger charge is 2.48. The maximum Gasteiger partial charge on any atom is 0.422 e. The second kappa shape index (κ2) is 11.8. The zero-order valence-electron chi connectivity index (χ0n) is 32.2. The van der Waals surface area contributed by atoms with Crippen LogP contribution >= 0.6 is 0 Å². The number of anilines is 4. The summed E-state index contributed by atoms with van der Waals surface area (Å²) in [5.41, 5.74) is 12.7. The number of benzene rings is 6. The van der Waals surface area contributed by atoms with E-state index >= 15 is 0 Å². The van der Waals surface area contributed by atoms with Crippen LogP contribution in [0, 0.1) is 6.33 Å². The van der Waals surface area contributed by atoms with Gasteiger partial charge in [0.1, 0.15) is 25.4 Å². The van der Waals surface area contributed by atoms with Crippen molar-refractivity contribution < 1.29 is 9.30 Å². The molecular weight excluding hydrogens is 701 g/mol. The molecule has 0 aliphatic carbocycles. The van der Waals surface area contributed by atoms with Crippen molar-refractivity contribution in [2.75, 3.05) is 9.62 Å². The molecule has 0 N–H and O–H groups in total. The van der Waals surface area contributed by atoms with Crippen LogP contribution in [0.4, 0.5) is 22.9 Å². The van der Waals surface area contributed by atoms with E-state index < -0.39 is 8.07 Å². The van der Waals surface area contributed by atoms with Crippen LogP contribution in [-0.4, -0.2) is 24.6 Å². The number of rotatable bonds is 4. The summed E-state index contributed by atoms with van der Waals surface area (Å²) in [5, 5.41) is 2.79. The number of para-hydroxylation sites is 3. The van der Waals surface area contributed by atoms with Gasteiger partial charge in [0.2, 0.25) is 0 Å². The molecule has 3 aliphatic rings. The molecule has 0 radical (unpaired) electrons. The fraction of sp³-hybridized carbons (Fsp3) is 0.125. The maximum atomic E-state index is 6.99. The predicted molar refractivity (Wildman–Crippen MR) is 231 cm³/mol. The molecule has 0 fully saturated rings. The van der Waals surface area contributed by atoms with Crippen LogP contribution < -0.4 is 34.8 Å². The summed E-state index contributed by atoms with van der Waals surface area (Å²) in [4.78, 5) is 9.91. The summed E-state index contributed by atoms with van der Waals surface area (Å²) < 4.78 is 11.4. The van der Waals surface area contributed by atoms with Crippen molar-refractivity contribution in [3.05, 3.63) is 164 Å². The molecule has 0 spiro atoms. The molecule has 6 nitrogen and oxygen atoms in total. The van der Waals surface area contributed by atoms with Crippen LogP contribution in [0.5, 0.6) is 11.5 Å². The Morgan fingerprint density at radius 1 is 0.661 bits per heavy atom. The van der Waals surface area contributed by atoms with Crippen molar-refractivity contribution in [3.8, 4) is 34.0 Å². The van der Waals surface area contributed by atoms with E-state index in [1.165, 1.54) is 43.7 Å². The fourth-order valence-electron chi connectivity index (χ4n) is 9.19. The average molecular weight is 742 g/mol. The van der Waals surface area contributed by atoms with Crippen LogP contribution in [0.3, 0.4) is 0 Å². The van der Waals surface area contributed by atoms with Crippen LogP contribution in [0.2, 0.25) is 13.1 Å². The lowest BCUT2D eigenvalue weighted by Crippen LogP contribution is -2.57. The minimum Gasteiger partial charge on any atom is -0.458 e. The zero-order chi connectivity index (χ0) is 37.9. The number of nitrogens with zero attached hydrogens (tertiary/aromatic N) is 5.